The van der Waals surface area contributed by atoms with Gasteiger partial charge in [-0.25, -0.2) is 13.2 Å². The lowest BCUT2D eigenvalue weighted by molar-refractivity contribution is 0.168. The predicted molar refractivity (Wildman–Crippen MR) is 101 cm³/mol. The zero-order valence-electron chi connectivity index (χ0n) is 15.3. The monoisotopic (exact) mass is 390 g/mol. The van der Waals surface area contributed by atoms with Crippen LogP contribution in [0.4, 0.5) is 10.5 Å². The van der Waals surface area contributed by atoms with Gasteiger partial charge in [0.05, 0.1) is 24.3 Å². The van der Waals surface area contributed by atoms with Gasteiger partial charge in [0.2, 0.25) is 10.0 Å². The molecule has 0 aliphatic carbocycles. The fourth-order valence-electron chi connectivity index (χ4n) is 3.05. The lowest BCUT2D eigenvalue weighted by Crippen LogP contribution is -2.36. The number of methoxy groups -OCH3 is 1. The first-order valence-electron chi connectivity index (χ1n) is 8.64. The third-order valence-electron chi connectivity index (χ3n) is 4.42. The van der Waals surface area contributed by atoms with Crippen LogP contribution in [-0.4, -0.2) is 39.1 Å². The van der Waals surface area contributed by atoms with E-state index in [1.54, 1.807) is 6.92 Å². The van der Waals surface area contributed by atoms with Crippen molar-refractivity contribution in [1.29, 1.82) is 0 Å². The molecule has 144 valence electrons. The Kier molecular flexibility index (Phi) is 5.67. The molecule has 0 spiro atoms. The highest BCUT2D eigenvalue weighted by Gasteiger charge is 2.29. The summed E-state index contributed by atoms with van der Waals surface area (Å²) in [5.41, 5.74) is 2.42. The number of anilines is 1. The summed E-state index contributed by atoms with van der Waals surface area (Å²) in [5, 5.41) is 2.52. The Bertz CT molecular complexity index is 943. The SMILES string of the molecule is CCOC(=O)Nc1cc(S(=O)(=O)N2CCc3ccccc3C2)ccc1OC. The Hall–Kier alpha value is -2.58. The van der Waals surface area contributed by atoms with E-state index >= 15 is 0 Å². The maximum absolute atomic E-state index is 13.1. The van der Waals surface area contributed by atoms with E-state index in [4.69, 9.17) is 9.47 Å². The first-order valence-corrected chi connectivity index (χ1v) is 10.1. The molecule has 0 radical (unpaired) electrons. The van der Waals surface area contributed by atoms with Gasteiger partial charge in [-0.05, 0) is 42.7 Å². The number of fused-ring (bicyclic) bond motifs is 1. The highest BCUT2D eigenvalue weighted by Crippen LogP contribution is 2.31. The van der Waals surface area contributed by atoms with Gasteiger partial charge in [0.15, 0.2) is 0 Å². The van der Waals surface area contributed by atoms with Crippen LogP contribution in [0.1, 0.15) is 18.1 Å². The number of amides is 1. The Morgan fingerprint density at radius 3 is 2.63 bits per heavy atom. The molecule has 1 heterocycles. The molecule has 0 bridgehead atoms. The Labute approximate surface area is 158 Å². The fraction of sp³-hybridized carbons (Fsp3) is 0.316. The van der Waals surface area contributed by atoms with E-state index in [0.29, 0.717) is 25.3 Å². The van der Waals surface area contributed by atoms with E-state index < -0.39 is 16.1 Å². The second kappa shape index (κ2) is 7.98. The molecule has 0 saturated heterocycles. The number of benzene rings is 2. The van der Waals surface area contributed by atoms with Crippen LogP contribution in [0.5, 0.6) is 5.75 Å². The van der Waals surface area contributed by atoms with Crippen molar-refractivity contribution in [3.63, 3.8) is 0 Å². The van der Waals surface area contributed by atoms with Gasteiger partial charge < -0.3 is 9.47 Å². The van der Waals surface area contributed by atoms with Crippen LogP contribution in [-0.2, 0) is 27.7 Å². The van der Waals surface area contributed by atoms with E-state index in [-0.39, 0.29) is 17.2 Å². The van der Waals surface area contributed by atoms with Gasteiger partial charge in [0.25, 0.3) is 0 Å². The predicted octanol–water partition coefficient (Wildman–Crippen LogP) is 3.01. The maximum atomic E-state index is 13.1. The highest BCUT2D eigenvalue weighted by atomic mass is 32.2. The molecule has 2 aromatic rings. The van der Waals surface area contributed by atoms with Crippen LogP contribution >= 0.6 is 0 Å². The molecule has 0 saturated carbocycles. The molecule has 7 nitrogen and oxygen atoms in total. The molecular formula is C19H22N2O5S. The third-order valence-corrected chi connectivity index (χ3v) is 6.26. The van der Waals surface area contributed by atoms with Gasteiger partial charge >= 0.3 is 6.09 Å². The van der Waals surface area contributed by atoms with Crippen LogP contribution in [0.2, 0.25) is 0 Å². The first kappa shape index (κ1) is 19.2. The molecule has 27 heavy (non-hydrogen) atoms. The largest absolute Gasteiger partial charge is 0.495 e. The van der Waals surface area contributed by atoms with Crippen molar-refractivity contribution in [2.45, 2.75) is 24.8 Å². The van der Waals surface area contributed by atoms with Crippen molar-refractivity contribution in [3.8, 4) is 5.75 Å². The summed E-state index contributed by atoms with van der Waals surface area (Å²) in [6.45, 7) is 2.63. The van der Waals surface area contributed by atoms with Gasteiger partial charge in [-0.2, -0.15) is 4.31 Å². The molecule has 1 N–H and O–H groups in total. The van der Waals surface area contributed by atoms with E-state index in [2.05, 4.69) is 5.32 Å². The molecule has 2 aromatic carbocycles. The van der Waals surface area contributed by atoms with Gasteiger partial charge in [0.1, 0.15) is 5.75 Å². The lowest BCUT2D eigenvalue weighted by Gasteiger charge is -2.28. The molecule has 0 atom stereocenters. The zero-order chi connectivity index (χ0) is 19.4. The molecule has 3 rings (SSSR count). The zero-order valence-corrected chi connectivity index (χ0v) is 16.1. The standard InChI is InChI=1S/C19H22N2O5S/c1-3-26-19(22)20-17-12-16(8-9-18(17)25-2)27(23,24)21-11-10-14-6-4-5-7-15(14)13-21/h4-9,12H,3,10-11,13H2,1-2H3,(H,20,22). The van der Waals surface area contributed by atoms with Crippen molar-refractivity contribution in [2.75, 3.05) is 25.6 Å². The van der Waals surface area contributed by atoms with Crippen LogP contribution in [0.25, 0.3) is 0 Å². The molecule has 1 amide bonds. The second-order valence-corrected chi connectivity index (χ2v) is 8.00. The normalized spacial score (nSPS) is 14.3. The van der Waals surface area contributed by atoms with Crippen molar-refractivity contribution in [2.24, 2.45) is 0 Å². The quantitative estimate of drug-likeness (QED) is 0.848. The molecular weight excluding hydrogens is 368 g/mol. The minimum Gasteiger partial charge on any atom is -0.495 e. The number of carbonyl (C=O) groups excluding carboxylic acids is 1. The van der Waals surface area contributed by atoms with Crippen molar-refractivity contribution in [3.05, 3.63) is 53.6 Å². The topological polar surface area (TPSA) is 84.9 Å². The summed E-state index contributed by atoms with van der Waals surface area (Å²) in [4.78, 5) is 11.8. The average Bonchev–Trinajstić information content (AvgIpc) is 2.67. The van der Waals surface area contributed by atoms with Crippen molar-refractivity contribution in [1.82, 2.24) is 4.31 Å². The summed E-state index contributed by atoms with van der Waals surface area (Å²) < 4.78 is 37.7. The number of nitrogens with zero attached hydrogens (tertiary/aromatic N) is 1. The Morgan fingerprint density at radius 1 is 1.19 bits per heavy atom. The summed E-state index contributed by atoms with van der Waals surface area (Å²) in [7, 11) is -2.27. The van der Waals surface area contributed by atoms with E-state index in [1.807, 2.05) is 24.3 Å². The minimum absolute atomic E-state index is 0.0921. The van der Waals surface area contributed by atoms with Crippen LogP contribution in [0.15, 0.2) is 47.4 Å². The average molecular weight is 390 g/mol. The summed E-state index contributed by atoms with van der Waals surface area (Å²) in [6.07, 6.45) is -0.00305. The summed E-state index contributed by atoms with van der Waals surface area (Å²) in [6, 6.07) is 12.2. The molecule has 1 aliphatic heterocycles. The fourth-order valence-corrected chi connectivity index (χ4v) is 4.49. The minimum atomic E-state index is -3.71. The Balaban J connectivity index is 1.89. The third kappa shape index (κ3) is 4.06. The first-order chi connectivity index (χ1) is 13.0. The van der Waals surface area contributed by atoms with Crippen molar-refractivity contribution >= 4 is 21.8 Å². The number of hydrogen-bond donors (Lipinski definition) is 1. The number of hydrogen-bond acceptors (Lipinski definition) is 5. The van der Waals surface area contributed by atoms with E-state index in [9.17, 15) is 13.2 Å². The highest BCUT2D eigenvalue weighted by molar-refractivity contribution is 7.89. The van der Waals surface area contributed by atoms with Crippen LogP contribution in [0.3, 0.4) is 0 Å². The molecule has 0 aromatic heterocycles. The van der Waals surface area contributed by atoms with Crippen LogP contribution < -0.4 is 10.1 Å². The number of nitrogens with one attached hydrogen (secondary N) is 1. The number of rotatable bonds is 5. The molecule has 0 unspecified atom stereocenters. The Morgan fingerprint density at radius 2 is 1.93 bits per heavy atom. The molecule has 0 fully saturated rings. The number of carbonyl (C=O) groups is 1. The van der Waals surface area contributed by atoms with E-state index in [1.165, 1.54) is 35.2 Å². The molecule has 8 heteroatoms. The van der Waals surface area contributed by atoms with Gasteiger partial charge in [-0.15, -0.1) is 0 Å². The van der Waals surface area contributed by atoms with Crippen molar-refractivity contribution < 1.29 is 22.7 Å². The smallest absolute Gasteiger partial charge is 0.411 e. The number of ether oxygens (including phenoxy) is 2. The van der Waals surface area contributed by atoms with E-state index in [0.717, 1.165) is 5.56 Å². The maximum Gasteiger partial charge on any atom is 0.411 e. The van der Waals surface area contributed by atoms with Crippen LogP contribution in [0, 0.1) is 0 Å². The van der Waals surface area contributed by atoms with Gasteiger partial charge in [-0.1, -0.05) is 24.3 Å². The van der Waals surface area contributed by atoms with Gasteiger partial charge in [0, 0.05) is 13.1 Å². The second-order valence-electron chi connectivity index (χ2n) is 6.06. The molecule has 1 aliphatic rings. The lowest BCUT2D eigenvalue weighted by atomic mass is 10.0. The number of sulfonamides is 1. The van der Waals surface area contributed by atoms with Gasteiger partial charge in [-0.3, -0.25) is 5.32 Å². The summed E-state index contributed by atoms with van der Waals surface area (Å²) >= 11 is 0. The summed E-state index contributed by atoms with van der Waals surface area (Å²) in [5.74, 6) is 0.353.